The molecule has 0 radical (unpaired) electrons. The number of amides is 1. The molecule has 1 aromatic rings. The van der Waals surface area contributed by atoms with E-state index in [1.165, 1.54) is 24.4 Å². The Labute approximate surface area is 235 Å². The van der Waals surface area contributed by atoms with Crippen LogP contribution in [0.4, 0.5) is 4.79 Å². The van der Waals surface area contributed by atoms with E-state index in [1.54, 1.807) is 0 Å². The van der Waals surface area contributed by atoms with Crippen LogP contribution in [-0.4, -0.2) is 69.4 Å². The molecule has 0 saturated carbocycles. The van der Waals surface area contributed by atoms with Gasteiger partial charge in [0.2, 0.25) is 0 Å². The van der Waals surface area contributed by atoms with Crippen molar-refractivity contribution in [3.63, 3.8) is 0 Å². The van der Waals surface area contributed by atoms with Gasteiger partial charge in [0.05, 0.1) is 18.9 Å². The molecule has 1 rings (SSSR count). The van der Waals surface area contributed by atoms with Crippen LogP contribution in [0.2, 0.25) is 0 Å². The van der Waals surface area contributed by atoms with Gasteiger partial charge in [-0.15, -0.1) is 17.0 Å². The van der Waals surface area contributed by atoms with E-state index >= 15 is 0 Å². The molecule has 0 bridgehead atoms. The summed E-state index contributed by atoms with van der Waals surface area (Å²) in [5, 5.41) is 3.70. The number of carbonyl (C=O) groups is 1. The third-order valence-electron chi connectivity index (χ3n) is 5.27. The van der Waals surface area contributed by atoms with Gasteiger partial charge in [0, 0.05) is 34.7 Å². The van der Waals surface area contributed by atoms with Crippen molar-refractivity contribution >= 4 is 23.1 Å². The largest absolute Gasteiger partial charge is 0.494 e. The van der Waals surface area contributed by atoms with Crippen LogP contribution >= 0.6 is 17.0 Å². The van der Waals surface area contributed by atoms with Gasteiger partial charge in [-0.05, 0) is 65.0 Å². The molecule has 0 spiro atoms. The Hall–Kier alpha value is -2.13. The van der Waals surface area contributed by atoms with E-state index in [0.717, 1.165) is 57.4 Å². The maximum Gasteiger partial charge on any atom is 0.431 e. The van der Waals surface area contributed by atoms with E-state index in [1.807, 2.05) is 51.1 Å². The van der Waals surface area contributed by atoms with E-state index in [-0.39, 0.29) is 17.0 Å². The lowest BCUT2D eigenvalue weighted by Gasteiger charge is -2.29. The van der Waals surface area contributed by atoms with Crippen LogP contribution in [0.3, 0.4) is 0 Å². The zero-order chi connectivity index (χ0) is 26.8. The lowest BCUT2D eigenvalue weighted by Crippen LogP contribution is -2.32. The van der Waals surface area contributed by atoms with E-state index in [2.05, 4.69) is 48.8 Å². The van der Waals surface area contributed by atoms with Gasteiger partial charge in [-0.3, -0.25) is 4.84 Å². The maximum absolute atomic E-state index is 11.6. The molecule has 9 heteroatoms. The maximum atomic E-state index is 11.6. The fourth-order valence-corrected chi connectivity index (χ4v) is 3.81. The smallest absolute Gasteiger partial charge is 0.431 e. The SMILES string of the molecule is Br.CN(C)C(=C(CCCCCONC(=O)OC(C)(C)C)NCCCCCCOc1ccccc1)N(C)C. The molecule has 1 aromatic carbocycles. The van der Waals surface area contributed by atoms with Gasteiger partial charge < -0.3 is 24.6 Å². The number of ether oxygens (including phenoxy) is 2. The number of nitrogens with zero attached hydrogens (tertiary/aromatic N) is 2. The average Bonchev–Trinajstić information content (AvgIpc) is 2.78. The molecule has 0 atom stereocenters. The summed E-state index contributed by atoms with van der Waals surface area (Å²) in [6.07, 6.45) is 7.89. The summed E-state index contributed by atoms with van der Waals surface area (Å²) in [6.45, 7) is 7.67. The molecule has 0 heterocycles. The van der Waals surface area contributed by atoms with E-state index in [0.29, 0.717) is 6.61 Å². The van der Waals surface area contributed by atoms with Gasteiger partial charge in [-0.1, -0.05) is 37.5 Å². The fourth-order valence-electron chi connectivity index (χ4n) is 3.81. The molecule has 0 unspecified atom stereocenters. The summed E-state index contributed by atoms with van der Waals surface area (Å²) in [5.41, 5.74) is 3.08. The molecule has 0 aliphatic heterocycles. The quantitative estimate of drug-likeness (QED) is 0.159. The summed E-state index contributed by atoms with van der Waals surface area (Å²) >= 11 is 0. The number of hydrogen-bond acceptors (Lipinski definition) is 7. The predicted molar refractivity (Wildman–Crippen MR) is 157 cm³/mol. The van der Waals surface area contributed by atoms with Crippen LogP contribution in [-0.2, 0) is 9.57 Å². The summed E-state index contributed by atoms with van der Waals surface area (Å²) < 4.78 is 10.9. The van der Waals surface area contributed by atoms with Crippen molar-refractivity contribution in [2.24, 2.45) is 0 Å². The number of hydroxylamine groups is 1. The van der Waals surface area contributed by atoms with Crippen molar-refractivity contribution in [3.05, 3.63) is 41.8 Å². The Bertz CT molecular complexity index is 742. The van der Waals surface area contributed by atoms with Crippen molar-refractivity contribution in [3.8, 4) is 5.75 Å². The van der Waals surface area contributed by atoms with Crippen molar-refractivity contribution in [2.75, 3.05) is 47.9 Å². The van der Waals surface area contributed by atoms with Gasteiger partial charge in [0.1, 0.15) is 17.2 Å². The fraction of sp³-hybridized carbons (Fsp3) is 0.679. The normalized spacial score (nSPS) is 10.7. The molecular formula is C28H51BrN4O4. The highest BCUT2D eigenvalue weighted by Crippen LogP contribution is 2.16. The number of nitrogens with one attached hydrogen (secondary N) is 2. The molecule has 8 nitrogen and oxygen atoms in total. The summed E-state index contributed by atoms with van der Waals surface area (Å²) in [5.74, 6) is 2.15. The van der Waals surface area contributed by atoms with Crippen LogP contribution in [0, 0.1) is 0 Å². The van der Waals surface area contributed by atoms with Crippen molar-refractivity contribution in [1.82, 2.24) is 20.6 Å². The first-order valence-electron chi connectivity index (χ1n) is 13.2. The minimum absolute atomic E-state index is 0. The Balaban J connectivity index is 0.0000130. The zero-order valence-electron chi connectivity index (χ0n) is 24.1. The molecule has 0 aromatic heterocycles. The molecule has 0 aliphatic rings. The molecule has 0 saturated heterocycles. The Morgan fingerprint density at radius 1 is 0.838 bits per heavy atom. The van der Waals surface area contributed by atoms with E-state index in [9.17, 15) is 4.79 Å². The Morgan fingerprint density at radius 3 is 2.05 bits per heavy atom. The van der Waals surface area contributed by atoms with Crippen molar-refractivity contribution in [2.45, 2.75) is 77.7 Å². The van der Waals surface area contributed by atoms with Gasteiger partial charge in [-0.25, -0.2) is 4.79 Å². The van der Waals surface area contributed by atoms with Crippen LogP contribution in [0.15, 0.2) is 41.8 Å². The van der Waals surface area contributed by atoms with Gasteiger partial charge in [0.25, 0.3) is 0 Å². The van der Waals surface area contributed by atoms with E-state index in [4.69, 9.17) is 14.3 Å². The number of allylic oxidation sites excluding steroid dienone is 1. The second kappa shape index (κ2) is 19.9. The molecule has 37 heavy (non-hydrogen) atoms. The number of para-hydroxylation sites is 1. The molecule has 1 amide bonds. The first kappa shape index (κ1) is 34.9. The number of unbranched alkanes of at least 4 members (excludes halogenated alkanes) is 5. The van der Waals surface area contributed by atoms with Crippen molar-refractivity contribution < 1.29 is 19.1 Å². The van der Waals surface area contributed by atoms with Crippen molar-refractivity contribution in [1.29, 1.82) is 0 Å². The predicted octanol–water partition coefficient (Wildman–Crippen LogP) is 6.10. The lowest BCUT2D eigenvalue weighted by molar-refractivity contribution is -0.00858. The number of carbonyl (C=O) groups excluding carboxylic acids is 1. The topological polar surface area (TPSA) is 75.3 Å². The first-order chi connectivity index (χ1) is 17.1. The van der Waals surface area contributed by atoms with Crippen LogP contribution in [0.5, 0.6) is 5.75 Å². The van der Waals surface area contributed by atoms with Gasteiger partial charge in [0.15, 0.2) is 0 Å². The molecule has 2 N–H and O–H groups in total. The van der Waals surface area contributed by atoms with Gasteiger partial charge in [-0.2, -0.15) is 5.48 Å². The minimum Gasteiger partial charge on any atom is -0.494 e. The Kier molecular flexibility index (Phi) is 18.8. The second-order valence-electron chi connectivity index (χ2n) is 10.4. The number of benzene rings is 1. The van der Waals surface area contributed by atoms with E-state index < -0.39 is 11.7 Å². The van der Waals surface area contributed by atoms with Crippen LogP contribution in [0.1, 0.15) is 72.1 Å². The number of hydrogen-bond donors (Lipinski definition) is 2. The van der Waals surface area contributed by atoms with Crippen LogP contribution < -0.4 is 15.5 Å². The molecule has 0 fully saturated rings. The molecular weight excluding hydrogens is 536 g/mol. The van der Waals surface area contributed by atoms with Crippen LogP contribution in [0.25, 0.3) is 0 Å². The second-order valence-corrected chi connectivity index (χ2v) is 10.4. The number of halogens is 1. The number of rotatable bonds is 18. The highest BCUT2D eigenvalue weighted by molar-refractivity contribution is 8.93. The molecule has 214 valence electrons. The standard InChI is InChI=1S/C28H50N4O4.BrH/c1-28(2,3)36-27(33)30-35-23-17-11-14-20-25(26(31(4)5)32(6)7)29-21-15-8-9-16-22-34-24-18-12-10-13-19-24;/h10,12-13,18-19,29H,8-9,11,14-17,20-23H2,1-7H3,(H,30,33);1H. The first-order valence-corrected chi connectivity index (χ1v) is 13.2. The average molecular weight is 588 g/mol. The Morgan fingerprint density at radius 2 is 1.43 bits per heavy atom. The summed E-state index contributed by atoms with van der Waals surface area (Å²) in [7, 11) is 8.33. The zero-order valence-corrected chi connectivity index (χ0v) is 25.8. The monoisotopic (exact) mass is 586 g/mol. The summed E-state index contributed by atoms with van der Waals surface area (Å²) in [4.78, 5) is 21.2. The highest BCUT2D eigenvalue weighted by Gasteiger charge is 2.16. The summed E-state index contributed by atoms with van der Waals surface area (Å²) in [6, 6.07) is 10.00. The molecule has 0 aliphatic carbocycles. The lowest BCUT2D eigenvalue weighted by atomic mass is 10.1. The third kappa shape index (κ3) is 17.9. The van der Waals surface area contributed by atoms with Gasteiger partial charge >= 0.3 is 6.09 Å². The third-order valence-corrected chi connectivity index (χ3v) is 5.27. The minimum atomic E-state index is -0.553. The highest BCUT2D eigenvalue weighted by atomic mass is 79.9.